The van der Waals surface area contributed by atoms with Crippen molar-refractivity contribution in [2.45, 2.75) is 32.2 Å². The lowest BCUT2D eigenvalue weighted by molar-refractivity contribution is 0.0948. The minimum Gasteiger partial charge on any atom is -0.351 e. The molecule has 1 aromatic heterocycles. The molecule has 1 heterocycles. The van der Waals surface area contributed by atoms with E-state index in [0.717, 1.165) is 11.4 Å². The van der Waals surface area contributed by atoms with Gasteiger partial charge in [0.1, 0.15) is 10.7 Å². The van der Waals surface area contributed by atoms with Crippen LogP contribution in [-0.2, 0) is 0 Å². The summed E-state index contributed by atoms with van der Waals surface area (Å²) < 4.78 is 0. The summed E-state index contributed by atoms with van der Waals surface area (Å²) in [6.07, 6.45) is 0.903. The summed E-state index contributed by atoms with van der Waals surface area (Å²) in [5, 5.41) is 5.46. The van der Waals surface area contributed by atoms with Gasteiger partial charge in [0.25, 0.3) is 5.91 Å². The maximum atomic E-state index is 12.0. The molecular weight excluding hydrogens is 282 g/mol. The largest absolute Gasteiger partial charge is 0.351 e. The van der Waals surface area contributed by atoms with Crippen LogP contribution in [0.25, 0.3) is 0 Å². The van der Waals surface area contributed by atoms with Crippen molar-refractivity contribution in [1.29, 1.82) is 0 Å². The summed E-state index contributed by atoms with van der Waals surface area (Å²) in [6, 6.07) is 10.2. The third-order valence-corrected chi connectivity index (χ3v) is 4.42. The molecule has 0 aliphatic heterocycles. The molecule has 2 rings (SSSR count). The van der Waals surface area contributed by atoms with E-state index >= 15 is 0 Å². The lowest BCUT2D eigenvalue weighted by atomic mass is 9.98. The van der Waals surface area contributed by atoms with Gasteiger partial charge < -0.3 is 11.1 Å². The fourth-order valence-corrected chi connectivity index (χ4v) is 2.80. The third kappa shape index (κ3) is 4.37. The van der Waals surface area contributed by atoms with E-state index in [0.29, 0.717) is 18.2 Å². The number of nitrogens with one attached hydrogen (secondary N) is 1. The summed E-state index contributed by atoms with van der Waals surface area (Å²) in [5.41, 5.74) is 7.50. The summed E-state index contributed by atoms with van der Waals surface area (Å²) in [6.45, 7) is 4.67. The maximum absolute atomic E-state index is 12.0. The van der Waals surface area contributed by atoms with E-state index in [1.165, 1.54) is 16.9 Å². The average Bonchev–Trinajstić information content (AvgIpc) is 2.98. The molecule has 0 saturated carbocycles. The molecule has 0 fully saturated rings. The highest BCUT2D eigenvalue weighted by molar-refractivity contribution is 7.09. The van der Waals surface area contributed by atoms with Crippen LogP contribution >= 0.6 is 11.3 Å². The van der Waals surface area contributed by atoms with Crippen molar-refractivity contribution in [3.8, 4) is 0 Å². The number of carbonyl (C=O) groups excluding carboxylic acids is 1. The normalized spacial score (nSPS) is 13.7. The summed E-state index contributed by atoms with van der Waals surface area (Å²) >= 11 is 1.43. The number of thiazole rings is 1. The second kappa shape index (κ2) is 7.33. The Morgan fingerprint density at radius 1 is 1.33 bits per heavy atom. The minimum atomic E-state index is -0.130. The molecule has 2 atom stereocenters. The molecule has 4 nitrogen and oxygen atoms in total. The van der Waals surface area contributed by atoms with Crippen LogP contribution < -0.4 is 11.1 Å². The van der Waals surface area contributed by atoms with E-state index in [4.69, 9.17) is 5.73 Å². The van der Waals surface area contributed by atoms with Crippen molar-refractivity contribution < 1.29 is 4.79 Å². The summed E-state index contributed by atoms with van der Waals surface area (Å²) in [5.74, 6) is 0.292. The van der Waals surface area contributed by atoms with Gasteiger partial charge in [-0.3, -0.25) is 4.79 Å². The quantitative estimate of drug-likeness (QED) is 0.861. The Kier molecular flexibility index (Phi) is 5.47. The third-order valence-electron chi connectivity index (χ3n) is 3.38. The van der Waals surface area contributed by atoms with Gasteiger partial charge >= 0.3 is 0 Å². The van der Waals surface area contributed by atoms with Gasteiger partial charge in [0.15, 0.2) is 0 Å². The molecule has 2 aromatic rings. The molecular formula is C16H21N3OS. The van der Waals surface area contributed by atoms with Crippen molar-refractivity contribution in [3.63, 3.8) is 0 Å². The van der Waals surface area contributed by atoms with Crippen LogP contribution in [0.15, 0.2) is 35.7 Å². The van der Waals surface area contributed by atoms with E-state index in [1.54, 1.807) is 5.38 Å². The standard InChI is InChI=1S/C16H21N3OS/c1-11(13-6-4-3-5-7-13)8-9-18-15(20)14-10-21-16(19-14)12(2)17/h3-7,10-12H,8-9,17H2,1-2H3,(H,18,20). The molecule has 0 radical (unpaired) electrons. The molecule has 112 valence electrons. The molecule has 3 N–H and O–H groups in total. The molecule has 1 aromatic carbocycles. The van der Waals surface area contributed by atoms with Crippen LogP contribution in [0.5, 0.6) is 0 Å². The maximum Gasteiger partial charge on any atom is 0.270 e. The Labute approximate surface area is 129 Å². The molecule has 1 amide bonds. The van der Waals surface area contributed by atoms with E-state index in [9.17, 15) is 4.79 Å². The first-order valence-electron chi connectivity index (χ1n) is 7.12. The van der Waals surface area contributed by atoms with Crippen LogP contribution in [0.4, 0.5) is 0 Å². The first kappa shape index (κ1) is 15.7. The van der Waals surface area contributed by atoms with Crippen LogP contribution in [0, 0.1) is 0 Å². The Balaban J connectivity index is 1.81. The van der Waals surface area contributed by atoms with Gasteiger partial charge in [0.2, 0.25) is 0 Å². The highest BCUT2D eigenvalue weighted by Gasteiger charge is 2.13. The van der Waals surface area contributed by atoms with Gasteiger partial charge in [-0.1, -0.05) is 37.3 Å². The highest BCUT2D eigenvalue weighted by Crippen LogP contribution is 2.18. The monoisotopic (exact) mass is 303 g/mol. The van der Waals surface area contributed by atoms with E-state index in [1.807, 2.05) is 25.1 Å². The molecule has 5 heteroatoms. The number of rotatable bonds is 6. The molecule has 21 heavy (non-hydrogen) atoms. The fourth-order valence-electron chi connectivity index (χ4n) is 2.04. The zero-order valence-electron chi connectivity index (χ0n) is 12.4. The Bertz CT molecular complexity index is 580. The Morgan fingerprint density at radius 3 is 2.67 bits per heavy atom. The lowest BCUT2D eigenvalue weighted by Crippen LogP contribution is -2.25. The summed E-state index contributed by atoms with van der Waals surface area (Å²) in [7, 11) is 0. The van der Waals surface area contributed by atoms with Crippen molar-refractivity contribution in [2.24, 2.45) is 5.73 Å². The average molecular weight is 303 g/mol. The van der Waals surface area contributed by atoms with Gasteiger partial charge in [0.05, 0.1) is 6.04 Å². The first-order chi connectivity index (χ1) is 10.1. The van der Waals surface area contributed by atoms with Gasteiger partial charge in [-0.15, -0.1) is 11.3 Å². The molecule has 0 aliphatic rings. The lowest BCUT2D eigenvalue weighted by Gasteiger charge is -2.11. The van der Waals surface area contributed by atoms with Crippen LogP contribution in [-0.4, -0.2) is 17.4 Å². The number of nitrogens with two attached hydrogens (primary N) is 1. The topological polar surface area (TPSA) is 68.0 Å². The zero-order chi connectivity index (χ0) is 15.2. The van der Waals surface area contributed by atoms with Gasteiger partial charge in [-0.2, -0.15) is 0 Å². The molecule has 0 aliphatic carbocycles. The highest BCUT2D eigenvalue weighted by atomic mass is 32.1. The van der Waals surface area contributed by atoms with Crippen LogP contribution in [0.1, 0.15) is 53.3 Å². The molecule has 0 spiro atoms. The van der Waals surface area contributed by atoms with Crippen LogP contribution in [0.2, 0.25) is 0 Å². The molecule has 0 saturated heterocycles. The number of carbonyl (C=O) groups is 1. The van der Waals surface area contributed by atoms with Crippen molar-refractivity contribution in [1.82, 2.24) is 10.3 Å². The van der Waals surface area contributed by atoms with Gasteiger partial charge in [-0.25, -0.2) is 4.98 Å². The number of hydrogen-bond acceptors (Lipinski definition) is 4. The van der Waals surface area contributed by atoms with Crippen molar-refractivity contribution in [2.75, 3.05) is 6.54 Å². The fraction of sp³-hybridized carbons (Fsp3) is 0.375. The van der Waals surface area contributed by atoms with E-state index in [-0.39, 0.29) is 11.9 Å². The van der Waals surface area contributed by atoms with Crippen molar-refractivity contribution in [3.05, 3.63) is 52.0 Å². The van der Waals surface area contributed by atoms with Gasteiger partial charge in [-0.05, 0) is 24.8 Å². The predicted octanol–water partition coefficient (Wildman–Crippen LogP) is 3.09. The number of amides is 1. The first-order valence-corrected chi connectivity index (χ1v) is 8.00. The van der Waals surface area contributed by atoms with E-state index in [2.05, 4.69) is 29.4 Å². The molecule has 2 unspecified atom stereocenters. The second-order valence-corrected chi connectivity index (χ2v) is 6.11. The predicted molar refractivity (Wildman–Crippen MR) is 86.5 cm³/mol. The Morgan fingerprint density at radius 2 is 2.05 bits per heavy atom. The SMILES string of the molecule is CC(N)c1nc(C(=O)NCCC(C)c2ccccc2)cs1. The number of hydrogen-bond donors (Lipinski definition) is 2. The number of aromatic nitrogens is 1. The summed E-state index contributed by atoms with van der Waals surface area (Å²) in [4.78, 5) is 16.2. The minimum absolute atomic E-state index is 0.126. The van der Waals surface area contributed by atoms with Crippen LogP contribution in [0.3, 0.4) is 0 Å². The second-order valence-electron chi connectivity index (χ2n) is 5.22. The number of benzene rings is 1. The van der Waals surface area contributed by atoms with Gasteiger partial charge in [0, 0.05) is 11.9 Å². The zero-order valence-corrected chi connectivity index (χ0v) is 13.2. The van der Waals surface area contributed by atoms with E-state index < -0.39 is 0 Å². The van der Waals surface area contributed by atoms with Crippen molar-refractivity contribution >= 4 is 17.2 Å². The molecule has 0 bridgehead atoms. The number of nitrogens with zero attached hydrogens (tertiary/aromatic N) is 1. The smallest absolute Gasteiger partial charge is 0.270 e. The Hall–Kier alpha value is -1.72.